The summed E-state index contributed by atoms with van der Waals surface area (Å²) in [6, 6.07) is 3.65. The maximum absolute atomic E-state index is 6.18. The summed E-state index contributed by atoms with van der Waals surface area (Å²) in [5, 5.41) is 3.34. The second-order valence-electron chi connectivity index (χ2n) is 3.40. The molecule has 6 heteroatoms. The molecule has 0 saturated carbocycles. The summed E-state index contributed by atoms with van der Waals surface area (Å²) in [7, 11) is 0. The normalized spacial score (nSPS) is 12.9. The Morgan fingerprint density at radius 3 is 2.76 bits per heavy atom. The van der Waals surface area contributed by atoms with Gasteiger partial charge in [-0.05, 0) is 34.6 Å². The molecular formula is C11H10BrCl2NOS. The van der Waals surface area contributed by atoms with Gasteiger partial charge in [0.2, 0.25) is 0 Å². The van der Waals surface area contributed by atoms with E-state index in [2.05, 4.69) is 21.2 Å². The monoisotopic (exact) mass is 353 g/mol. The SMILES string of the molecule is CCNC(c1cc(Cl)sc1Cl)c1occc1Br. The third-order valence-electron chi connectivity index (χ3n) is 2.31. The van der Waals surface area contributed by atoms with Gasteiger partial charge in [-0.15, -0.1) is 11.3 Å². The van der Waals surface area contributed by atoms with Crippen molar-refractivity contribution in [3.8, 4) is 0 Å². The van der Waals surface area contributed by atoms with Gasteiger partial charge in [0, 0.05) is 5.56 Å². The van der Waals surface area contributed by atoms with E-state index in [1.807, 2.05) is 19.1 Å². The molecule has 0 bridgehead atoms. The van der Waals surface area contributed by atoms with Crippen LogP contribution in [0.15, 0.2) is 27.3 Å². The van der Waals surface area contributed by atoms with Crippen LogP contribution in [-0.4, -0.2) is 6.54 Å². The van der Waals surface area contributed by atoms with E-state index in [1.165, 1.54) is 11.3 Å². The maximum Gasteiger partial charge on any atom is 0.139 e. The molecule has 0 aliphatic rings. The minimum absolute atomic E-state index is 0.0828. The lowest BCUT2D eigenvalue weighted by Crippen LogP contribution is -2.21. The van der Waals surface area contributed by atoms with Gasteiger partial charge in [0.05, 0.1) is 25.5 Å². The van der Waals surface area contributed by atoms with Crippen molar-refractivity contribution in [3.63, 3.8) is 0 Å². The summed E-state index contributed by atoms with van der Waals surface area (Å²) in [5.41, 5.74) is 0.944. The van der Waals surface area contributed by atoms with E-state index >= 15 is 0 Å². The molecule has 2 heterocycles. The fraction of sp³-hybridized carbons (Fsp3) is 0.273. The van der Waals surface area contributed by atoms with Crippen LogP contribution in [0.2, 0.25) is 8.67 Å². The predicted octanol–water partition coefficient (Wildman–Crippen LogP) is 5.11. The largest absolute Gasteiger partial charge is 0.466 e. The highest BCUT2D eigenvalue weighted by atomic mass is 79.9. The standard InChI is InChI=1S/C11H10BrCl2NOS/c1-2-15-9(10-7(12)3-4-16-10)6-5-8(13)17-11(6)14/h3-5,9,15H,2H2,1H3. The Bertz CT molecular complexity index is 511. The Kier molecular flexibility index (Phi) is 4.55. The molecule has 0 amide bonds. The van der Waals surface area contributed by atoms with Crippen molar-refractivity contribution in [3.05, 3.63) is 42.9 Å². The lowest BCUT2D eigenvalue weighted by atomic mass is 10.1. The number of hydrogen-bond acceptors (Lipinski definition) is 3. The van der Waals surface area contributed by atoms with E-state index in [-0.39, 0.29) is 6.04 Å². The second-order valence-corrected chi connectivity index (χ2v) is 6.54. The van der Waals surface area contributed by atoms with E-state index in [1.54, 1.807) is 6.26 Å². The average Bonchev–Trinajstić information content (AvgIpc) is 2.82. The fourth-order valence-electron chi connectivity index (χ4n) is 1.61. The summed E-state index contributed by atoms with van der Waals surface area (Å²) in [6.07, 6.45) is 1.64. The lowest BCUT2D eigenvalue weighted by Gasteiger charge is -2.15. The zero-order chi connectivity index (χ0) is 12.4. The van der Waals surface area contributed by atoms with E-state index in [0.29, 0.717) is 8.67 Å². The van der Waals surface area contributed by atoms with Gasteiger partial charge in [0.25, 0.3) is 0 Å². The van der Waals surface area contributed by atoms with E-state index < -0.39 is 0 Å². The quantitative estimate of drug-likeness (QED) is 0.825. The molecule has 2 aromatic heterocycles. The zero-order valence-corrected chi connectivity index (χ0v) is 12.9. The summed E-state index contributed by atoms with van der Waals surface area (Å²) in [6.45, 7) is 2.84. The van der Waals surface area contributed by atoms with Crippen LogP contribution in [-0.2, 0) is 0 Å². The number of rotatable bonds is 4. The van der Waals surface area contributed by atoms with Crippen LogP contribution in [0.25, 0.3) is 0 Å². The molecular weight excluding hydrogens is 345 g/mol. The van der Waals surface area contributed by atoms with Crippen molar-refractivity contribution in [2.24, 2.45) is 0 Å². The van der Waals surface area contributed by atoms with Crippen molar-refractivity contribution in [1.82, 2.24) is 5.32 Å². The molecule has 0 aliphatic heterocycles. The average molecular weight is 355 g/mol. The van der Waals surface area contributed by atoms with E-state index in [0.717, 1.165) is 22.3 Å². The topological polar surface area (TPSA) is 25.2 Å². The number of hydrogen-bond donors (Lipinski definition) is 1. The number of halogens is 3. The van der Waals surface area contributed by atoms with Crippen molar-refractivity contribution in [1.29, 1.82) is 0 Å². The molecule has 2 aromatic rings. The van der Waals surface area contributed by atoms with Gasteiger partial charge in [-0.2, -0.15) is 0 Å². The number of nitrogens with one attached hydrogen (secondary N) is 1. The van der Waals surface area contributed by atoms with Crippen LogP contribution in [0.5, 0.6) is 0 Å². The molecule has 2 nitrogen and oxygen atoms in total. The van der Waals surface area contributed by atoms with Crippen molar-refractivity contribution < 1.29 is 4.42 Å². The molecule has 0 spiro atoms. The first-order valence-electron chi connectivity index (χ1n) is 5.04. The predicted molar refractivity (Wildman–Crippen MR) is 76.3 cm³/mol. The van der Waals surface area contributed by atoms with E-state index in [9.17, 15) is 0 Å². The minimum atomic E-state index is -0.0828. The first-order chi connectivity index (χ1) is 8.13. The summed E-state index contributed by atoms with van der Waals surface area (Å²) < 4.78 is 7.77. The maximum atomic E-state index is 6.18. The number of furan rings is 1. The fourth-order valence-corrected chi connectivity index (χ4v) is 3.57. The molecule has 0 saturated heterocycles. The Morgan fingerprint density at radius 1 is 1.53 bits per heavy atom. The van der Waals surface area contributed by atoms with Gasteiger partial charge < -0.3 is 9.73 Å². The molecule has 0 aromatic carbocycles. The van der Waals surface area contributed by atoms with Crippen LogP contribution in [0, 0.1) is 0 Å². The zero-order valence-electron chi connectivity index (χ0n) is 8.97. The van der Waals surface area contributed by atoms with Gasteiger partial charge in [-0.25, -0.2) is 0 Å². The Hall–Kier alpha value is -0.000000000000000111. The highest BCUT2D eigenvalue weighted by molar-refractivity contribution is 9.10. The summed E-state index contributed by atoms with van der Waals surface area (Å²) >= 11 is 17.0. The van der Waals surface area contributed by atoms with Crippen molar-refractivity contribution in [2.75, 3.05) is 6.54 Å². The molecule has 1 unspecified atom stereocenters. The van der Waals surface area contributed by atoms with Crippen LogP contribution in [0.4, 0.5) is 0 Å². The highest BCUT2D eigenvalue weighted by Gasteiger charge is 2.23. The molecule has 0 radical (unpaired) electrons. The van der Waals surface area contributed by atoms with Gasteiger partial charge in [-0.3, -0.25) is 0 Å². The minimum Gasteiger partial charge on any atom is -0.466 e. The van der Waals surface area contributed by atoms with Gasteiger partial charge in [0.15, 0.2) is 0 Å². The van der Waals surface area contributed by atoms with Crippen LogP contribution in [0.1, 0.15) is 24.3 Å². The summed E-state index contributed by atoms with van der Waals surface area (Å²) in [4.78, 5) is 0. The van der Waals surface area contributed by atoms with Crippen LogP contribution >= 0.6 is 50.5 Å². The lowest BCUT2D eigenvalue weighted by molar-refractivity contribution is 0.450. The van der Waals surface area contributed by atoms with Gasteiger partial charge in [0.1, 0.15) is 5.76 Å². The molecule has 17 heavy (non-hydrogen) atoms. The van der Waals surface area contributed by atoms with Crippen molar-refractivity contribution >= 4 is 50.5 Å². The molecule has 0 aliphatic carbocycles. The molecule has 2 rings (SSSR count). The molecule has 1 N–H and O–H groups in total. The van der Waals surface area contributed by atoms with Gasteiger partial charge in [-0.1, -0.05) is 30.1 Å². The van der Waals surface area contributed by atoms with E-state index in [4.69, 9.17) is 27.6 Å². The molecule has 92 valence electrons. The van der Waals surface area contributed by atoms with Crippen LogP contribution in [0.3, 0.4) is 0 Å². The molecule has 1 atom stereocenters. The molecule has 0 fully saturated rings. The Labute approximate surface area is 122 Å². The Morgan fingerprint density at radius 2 is 2.29 bits per heavy atom. The number of thiophene rings is 1. The smallest absolute Gasteiger partial charge is 0.139 e. The summed E-state index contributed by atoms with van der Waals surface area (Å²) in [5.74, 6) is 0.809. The van der Waals surface area contributed by atoms with Gasteiger partial charge >= 0.3 is 0 Å². The first kappa shape index (κ1) is 13.4. The highest BCUT2D eigenvalue weighted by Crippen LogP contribution is 2.39. The first-order valence-corrected chi connectivity index (χ1v) is 7.41. The Balaban J connectivity index is 2.42. The second kappa shape index (κ2) is 5.76. The third-order valence-corrected chi connectivity index (χ3v) is 4.48. The third kappa shape index (κ3) is 2.88. The van der Waals surface area contributed by atoms with Crippen LogP contribution < -0.4 is 5.32 Å². The van der Waals surface area contributed by atoms with Crippen molar-refractivity contribution in [2.45, 2.75) is 13.0 Å².